The maximum Gasteiger partial charge on any atom is 0.319 e. The molecule has 0 aromatic heterocycles. The first-order valence-electron chi connectivity index (χ1n) is 5.51. The molecule has 0 unspecified atom stereocenters. The molecule has 0 radical (unpaired) electrons. The SMILES string of the molecule is CC(C)OCCN(C)C(=O)C1(C(=O)O)CC1. The monoisotopic (exact) mass is 229 g/mol. The molecule has 0 bridgehead atoms. The average molecular weight is 229 g/mol. The highest BCUT2D eigenvalue weighted by Crippen LogP contribution is 2.47. The van der Waals surface area contributed by atoms with Crippen LogP contribution in [0.15, 0.2) is 0 Å². The van der Waals surface area contributed by atoms with Crippen LogP contribution >= 0.6 is 0 Å². The Morgan fingerprint density at radius 3 is 2.38 bits per heavy atom. The number of rotatable bonds is 6. The molecular formula is C11H19NO4. The van der Waals surface area contributed by atoms with Gasteiger partial charge in [0, 0.05) is 13.6 Å². The number of carboxylic acids is 1. The zero-order valence-electron chi connectivity index (χ0n) is 10.0. The van der Waals surface area contributed by atoms with Crippen molar-refractivity contribution in [3.63, 3.8) is 0 Å². The van der Waals surface area contributed by atoms with Crippen molar-refractivity contribution in [2.24, 2.45) is 5.41 Å². The first kappa shape index (κ1) is 13.0. The summed E-state index contributed by atoms with van der Waals surface area (Å²) in [6.07, 6.45) is 1.03. The van der Waals surface area contributed by atoms with E-state index >= 15 is 0 Å². The van der Waals surface area contributed by atoms with E-state index in [1.54, 1.807) is 7.05 Å². The van der Waals surface area contributed by atoms with E-state index in [1.807, 2.05) is 13.8 Å². The van der Waals surface area contributed by atoms with Crippen molar-refractivity contribution in [2.75, 3.05) is 20.2 Å². The van der Waals surface area contributed by atoms with Gasteiger partial charge < -0.3 is 14.7 Å². The number of ether oxygens (including phenoxy) is 1. The number of carbonyl (C=O) groups is 2. The molecule has 1 aliphatic carbocycles. The summed E-state index contributed by atoms with van der Waals surface area (Å²) in [5.41, 5.74) is -1.13. The van der Waals surface area contributed by atoms with Crippen molar-refractivity contribution in [3.8, 4) is 0 Å². The van der Waals surface area contributed by atoms with Crippen molar-refractivity contribution in [1.82, 2.24) is 4.90 Å². The molecule has 0 atom stereocenters. The summed E-state index contributed by atoms with van der Waals surface area (Å²) in [5, 5.41) is 8.96. The van der Waals surface area contributed by atoms with E-state index in [9.17, 15) is 9.59 Å². The minimum Gasteiger partial charge on any atom is -0.480 e. The first-order chi connectivity index (χ1) is 7.40. The van der Waals surface area contributed by atoms with Gasteiger partial charge in [-0.05, 0) is 26.7 Å². The minimum absolute atomic E-state index is 0.123. The second kappa shape index (κ2) is 4.82. The Hall–Kier alpha value is -1.10. The van der Waals surface area contributed by atoms with Crippen molar-refractivity contribution < 1.29 is 19.4 Å². The summed E-state index contributed by atoms with van der Waals surface area (Å²) in [7, 11) is 1.62. The average Bonchev–Trinajstić information content (AvgIpc) is 2.96. The van der Waals surface area contributed by atoms with E-state index in [0.29, 0.717) is 26.0 Å². The highest BCUT2D eigenvalue weighted by molar-refractivity contribution is 6.04. The summed E-state index contributed by atoms with van der Waals surface area (Å²) in [5.74, 6) is -1.30. The summed E-state index contributed by atoms with van der Waals surface area (Å²) in [6.45, 7) is 4.71. The Kier molecular flexibility index (Phi) is 3.91. The van der Waals surface area contributed by atoms with Crippen LogP contribution in [0.3, 0.4) is 0 Å². The fourth-order valence-corrected chi connectivity index (χ4v) is 1.54. The molecule has 5 nitrogen and oxygen atoms in total. The minimum atomic E-state index is -1.13. The van der Waals surface area contributed by atoms with E-state index in [0.717, 1.165) is 0 Å². The van der Waals surface area contributed by atoms with E-state index in [1.165, 1.54) is 4.90 Å². The van der Waals surface area contributed by atoms with Gasteiger partial charge in [-0.1, -0.05) is 0 Å². The van der Waals surface area contributed by atoms with Gasteiger partial charge in [-0.15, -0.1) is 0 Å². The molecule has 16 heavy (non-hydrogen) atoms. The fourth-order valence-electron chi connectivity index (χ4n) is 1.54. The van der Waals surface area contributed by atoms with Crippen LogP contribution in [0.4, 0.5) is 0 Å². The quantitative estimate of drug-likeness (QED) is 0.682. The highest BCUT2D eigenvalue weighted by Gasteiger charge is 2.58. The van der Waals surface area contributed by atoms with Gasteiger partial charge in [0.1, 0.15) is 5.41 Å². The third kappa shape index (κ3) is 2.72. The van der Waals surface area contributed by atoms with Gasteiger partial charge in [-0.3, -0.25) is 9.59 Å². The number of carboxylic acid groups (broad SMARTS) is 1. The topological polar surface area (TPSA) is 66.8 Å². The standard InChI is InChI=1S/C11H19NO4/c1-8(2)16-7-6-12(3)9(13)11(4-5-11)10(14)15/h8H,4-7H2,1-3H3,(H,14,15). The van der Waals surface area contributed by atoms with E-state index in [2.05, 4.69) is 0 Å². The van der Waals surface area contributed by atoms with Crippen LogP contribution in [-0.2, 0) is 14.3 Å². The Morgan fingerprint density at radius 1 is 1.44 bits per heavy atom. The van der Waals surface area contributed by atoms with Crippen LogP contribution in [0, 0.1) is 5.41 Å². The highest BCUT2D eigenvalue weighted by atomic mass is 16.5. The van der Waals surface area contributed by atoms with Gasteiger partial charge in [0.2, 0.25) is 5.91 Å². The maximum absolute atomic E-state index is 11.8. The van der Waals surface area contributed by atoms with Crippen molar-refractivity contribution in [3.05, 3.63) is 0 Å². The molecule has 0 aliphatic heterocycles. The molecule has 0 aromatic rings. The van der Waals surface area contributed by atoms with Gasteiger partial charge in [0.25, 0.3) is 0 Å². The van der Waals surface area contributed by atoms with Gasteiger partial charge in [-0.25, -0.2) is 0 Å². The lowest BCUT2D eigenvalue weighted by molar-refractivity contribution is -0.153. The Balaban J connectivity index is 2.40. The predicted molar refractivity (Wildman–Crippen MR) is 58.0 cm³/mol. The van der Waals surface area contributed by atoms with Crippen LogP contribution in [0.2, 0.25) is 0 Å². The van der Waals surface area contributed by atoms with Crippen LogP contribution in [0.5, 0.6) is 0 Å². The van der Waals surface area contributed by atoms with E-state index in [-0.39, 0.29) is 12.0 Å². The molecular weight excluding hydrogens is 210 g/mol. The predicted octanol–water partition coefficient (Wildman–Crippen LogP) is 0.735. The third-order valence-electron chi connectivity index (χ3n) is 2.79. The van der Waals surface area contributed by atoms with Crippen LogP contribution < -0.4 is 0 Å². The molecule has 1 fully saturated rings. The lowest BCUT2D eigenvalue weighted by atomic mass is 10.1. The van der Waals surface area contributed by atoms with E-state index < -0.39 is 11.4 Å². The second-order valence-electron chi connectivity index (χ2n) is 4.53. The number of hydrogen-bond acceptors (Lipinski definition) is 3. The molecule has 0 aromatic carbocycles. The normalized spacial score (nSPS) is 17.2. The molecule has 1 rings (SSSR count). The fraction of sp³-hybridized carbons (Fsp3) is 0.818. The summed E-state index contributed by atoms with van der Waals surface area (Å²) in [4.78, 5) is 24.2. The van der Waals surface area contributed by atoms with Crippen LogP contribution in [0.1, 0.15) is 26.7 Å². The zero-order chi connectivity index (χ0) is 12.3. The molecule has 0 spiro atoms. The van der Waals surface area contributed by atoms with Crippen LogP contribution in [0.25, 0.3) is 0 Å². The van der Waals surface area contributed by atoms with Crippen molar-refractivity contribution in [1.29, 1.82) is 0 Å². The number of amides is 1. The molecule has 0 saturated heterocycles. The molecule has 1 aliphatic rings. The van der Waals surface area contributed by atoms with Crippen molar-refractivity contribution >= 4 is 11.9 Å². The molecule has 1 saturated carbocycles. The number of hydrogen-bond donors (Lipinski definition) is 1. The second-order valence-corrected chi connectivity index (χ2v) is 4.53. The number of carbonyl (C=O) groups excluding carboxylic acids is 1. The molecule has 92 valence electrons. The van der Waals surface area contributed by atoms with Crippen LogP contribution in [-0.4, -0.2) is 48.2 Å². The summed E-state index contributed by atoms with van der Waals surface area (Å²) in [6, 6.07) is 0. The van der Waals surface area contributed by atoms with Gasteiger partial charge in [-0.2, -0.15) is 0 Å². The largest absolute Gasteiger partial charge is 0.480 e. The van der Waals surface area contributed by atoms with Crippen molar-refractivity contribution in [2.45, 2.75) is 32.8 Å². The molecule has 5 heteroatoms. The Morgan fingerprint density at radius 2 is 2.00 bits per heavy atom. The lowest BCUT2D eigenvalue weighted by Crippen LogP contribution is -2.40. The zero-order valence-corrected chi connectivity index (χ0v) is 10.0. The maximum atomic E-state index is 11.8. The molecule has 1 N–H and O–H groups in total. The van der Waals surface area contributed by atoms with Gasteiger partial charge in [0.05, 0.1) is 12.7 Å². The Labute approximate surface area is 95.4 Å². The number of aliphatic carboxylic acids is 1. The third-order valence-corrected chi connectivity index (χ3v) is 2.79. The summed E-state index contributed by atoms with van der Waals surface area (Å²) < 4.78 is 5.31. The smallest absolute Gasteiger partial charge is 0.319 e. The van der Waals surface area contributed by atoms with E-state index in [4.69, 9.17) is 9.84 Å². The van der Waals surface area contributed by atoms with Gasteiger partial charge in [0.15, 0.2) is 0 Å². The Bertz CT molecular complexity index is 284. The molecule has 1 amide bonds. The number of likely N-dealkylation sites (N-methyl/N-ethyl adjacent to an activating group) is 1. The summed E-state index contributed by atoms with van der Waals surface area (Å²) >= 11 is 0. The van der Waals surface area contributed by atoms with Gasteiger partial charge >= 0.3 is 5.97 Å². The lowest BCUT2D eigenvalue weighted by Gasteiger charge is -2.21. The number of nitrogens with zero attached hydrogens (tertiary/aromatic N) is 1. The first-order valence-corrected chi connectivity index (χ1v) is 5.51. The molecule has 0 heterocycles.